The summed E-state index contributed by atoms with van der Waals surface area (Å²) in [5.74, 6) is 0. The first-order valence-corrected chi connectivity index (χ1v) is 0. The molecular formula is H5CaClFNa. The van der Waals surface area contributed by atoms with Crippen molar-refractivity contribution in [3.8, 4) is 0 Å². The third-order valence-electron chi connectivity index (χ3n) is 0. The third-order valence-corrected chi connectivity index (χ3v) is 0. The first-order chi connectivity index (χ1) is 0. The van der Waals surface area contributed by atoms with Crippen LogP contribution in [0.2, 0.25) is 0 Å². The van der Waals surface area contributed by atoms with Crippen LogP contribution < -0.4 is 0 Å². The quantitative estimate of drug-likeness (QED) is 0.362. The number of hydrogen-bond donors (Lipinski definition) is 0. The Morgan fingerprint density at radius 2 is 1.00 bits per heavy atom. The van der Waals surface area contributed by atoms with Gasteiger partial charge in [-0.15, -0.1) is 12.4 Å². The monoisotopic (exact) mass is 122 g/mol. The van der Waals surface area contributed by atoms with Crippen LogP contribution in [0.5, 0.6) is 0 Å². The minimum absolute atomic E-state index is 0. The summed E-state index contributed by atoms with van der Waals surface area (Å²) in [7, 11) is 0. The molecule has 0 radical (unpaired) electrons. The number of halogens is 2. The van der Waals surface area contributed by atoms with Gasteiger partial charge in [0.15, 0.2) is 0 Å². The van der Waals surface area contributed by atoms with Gasteiger partial charge in [0.2, 0.25) is 0 Å². The van der Waals surface area contributed by atoms with Gasteiger partial charge in [0, 0.05) is 0 Å². The van der Waals surface area contributed by atoms with Gasteiger partial charge in [-0.05, 0) is 0 Å². The average molecular weight is 123 g/mol. The van der Waals surface area contributed by atoms with Crippen LogP contribution in [0.4, 0.5) is 4.70 Å². The molecule has 0 aliphatic carbocycles. The van der Waals surface area contributed by atoms with Crippen molar-refractivity contribution in [1.82, 2.24) is 0 Å². The summed E-state index contributed by atoms with van der Waals surface area (Å²) < 4.78 is 0. The van der Waals surface area contributed by atoms with Gasteiger partial charge in [-0.1, -0.05) is 0 Å². The molecule has 0 aliphatic rings. The van der Waals surface area contributed by atoms with Crippen molar-refractivity contribution in [3.63, 3.8) is 0 Å². The van der Waals surface area contributed by atoms with Crippen LogP contribution in [-0.2, 0) is 0 Å². The average Bonchev–Trinajstić information content (AvgIpc) is 0. The second-order valence-corrected chi connectivity index (χ2v) is 0. The van der Waals surface area contributed by atoms with E-state index in [2.05, 4.69) is 0 Å². The fourth-order valence-electron chi connectivity index (χ4n) is 0. The van der Waals surface area contributed by atoms with E-state index in [0.29, 0.717) is 0 Å². The molecule has 0 nitrogen and oxygen atoms in total. The topological polar surface area (TPSA) is 0 Å². The van der Waals surface area contributed by atoms with E-state index < -0.39 is 0 Å². The molecule has 0 aromatic rings. The Morgan fingerprint density at radius 3 is 1.00 bits per heavy atom. The molecule has 0 heterocycles. The fourth-order valence-corrected chi connectivity index (χ4v) is 0. The van der Waals surface area contributed by atoms with Crippen LogP contribution in [0.3, 0.4) is 0 Å². The molecule has 4 heavy (non-hydrogen) atoms. The molecule has 22 valence electrons. The van der Waals surface area contributed by atoms with Crippen LogP contribution in [-0.4, -0.2) is 67.3 Å². The zero-order valence-corrected chi connectivity index (χ0v) is 1.63. The summed E-state index contributed by atoms with van der Waals surface area (Å²) in [6.45, 7) is 0. The van der Waals surface area contributed by atoms with Gasteiger partial charge in [-0.3, -0.25) is 4.70 Å². The van der Waals surface area contributed by atoms with Crippen molar-refractivity contribution in [3.05, 3.63) is 0 Å². The van der Waals surface area contributed by atoms with Gasteiger partial charge in [0.05, 0.1) is 0 Å². The summed E-state index contributed by atoms with van der Waals surface area (Å²) in [5.41, 5.74) is 0. The Hall–Kier alpha value is 2.48. The molecule has 0 amide bonds. The van der Waals surface area contributed by atoms with Crippen LogP contribution >= 0.6 is 12.4 Å². The van der Waals surface area contributed by atoms with Crippen molar-refractivity contribution in [1.29, 1.82) is 0 Å². The molecule has 0 aromatic carbocycles. The van der Waals surface area contributed by atoms with Crippen molar-refractivity contribution in [2.24, 2.45) is 0 Å². The number of hydrogen-bond acceptors (Lipinski definition) is 0. The summed E-state index contributed by atoms with van der Waals surface area (Å²) in [6, 6.07) is 0. The first kappa shape index (κ1) is 31.6. The second kappa shape index (κ2) is 17.9. The van der Waals surface area contributed by atoms with E-state index in [1.807, 2.05) is 0 Å². The maximum atomic E-state index is 0. The zero-order valence-electron chi connectivity index (χ0n) is 0.816. The van der Waals surface area contributed by atoms with Crippen LogP contribution in [0.25, 0.3) is 0 Å². The fraction of sp³-hybridized carbons (Fsp3) is 0. The molecular weight excluding hydrogens is 118 g/mol. The SMILES string of the molecule is Cl.F.[CaH2].[NaH]. The van der Waals surface area contributed by atoms with Crippen LogP contribution in [0, 0.1) is 0 Å². The van der Waals surface area contributed by atoms with Gasteiger partial charge < -0.3 is 0 Å². The zero-order chi connectivity index (χ0) is 0. The Labute approximate surface area is 82.8 Å². The molecule has 0 aliphatic heterocycles. The molecule has 0 atom stereocenters. The minimum atomic E-state index is 0. The molecule has 0 saturated heterocycles. The van der Waals surface area contributed by atoms with Gasteiger partial charge in [0.25, 0.3) is 0 Å². The van der Waals surface area contributed by atoms with Crippen molar-refractivity contribution in [2.75, 3.05) is 0 Å². The van der Waals surface area contributed by atoms with Crippen molar-refractivity contribution >= 4 is 79.7 Å². The van der Waals surface area contributed by atoms with E-state index in [1.54, 1.807) is 0 Å². The van der Waals surface area contributed by atoms with Gasteiger partial charge in [-0.2, -0.15) is 0 Å². The molecule has 0 spiro atoms. The van der Waals surface area contributed by atoms with Gasteiger partial charge >= 0.3 is 67.3 Å². The van der Waals surface area contributed by atoms with Crippen LogP contribution in [0.1, 0.15) is 0 Å². The molecule has 4 heteroatoms. The van der Waals surface area contributed by atoms with Gasteiger partial charge in [-0.25, -0.2) is 0 Å². The summed E-state index contributed by atoms with van der Waals surface area (Å²) in [6.07, 6.45) is 0. The van der Waals surface area contributed by atoms with Gasteiger partial charge in [0.1, 0.15) is 0 Å². The summed E-state index contributed by atoms with van der Waals surface area (Å²) in [4.78, 5) is 0. The first-order valence-electron chi connectivity index (χ1n) is 0. The molecule has 0 bridgehead atoms. The molecule has 0 unspecified atom stereocenters. The van der Waals surface area contributed by atoms with E-state index in [1.165, 1.54) is 0 Å². The molecule has 0 aromatic heterocycles. The molecule has 0 fully saturated rings. The predicted octanol–water partition coefficient (Wildman–Crippen LogP) is -0.990. The Kier molecular flexibility index (Phi) is 141. The Balaban J connectivity index is 0. The molecule has 0 saturated carbocycles. The van der Waals surface area contributed by atoms with Crippen molar-refractivity contribution < 1.29 is 4.70 Å². The Morgan fingerprint density at radius 1 is 1.00 bits per heavy atom. The van der Waals surface area contributed by atoms with E-state index >= 15 is 0 Å². The van der Waals surface area contributed by atoms with E-state index in [0.717, 1.165) is 0 Å². The third kappa shape index (κ3) is 8.82. The normalized spacial score (nSPS) is 0. The second-order valence-electron chi connectivity index (χ2n) is 0. The standard InChI is InChI=1S/Ca.ClH.FH.Na.3H/h;2*1H;;;;. The Bertz CT molecular complexity index is 8.00. The van der Waals surface area contributed by atoms with Crippen molar-refractivity contribution in [2.45, 2.75) is 0 Å². The van der Waals surface area contributed by atoms with E-state index in [-0.39, 0.29) is 84.4 Å². The molecule has 0 N–H and O–H groups in total. The summed E-state index contributed by atoms with van der Waals surface area (Å²) in [5, 5.41) is 0. The van der Waals surface area contributed by atoms with Crippen LogP contribution in [0.15, 0.2) is 0 Å². The predicted molar refractivity (Wildman–Crippen MR) is 25.4 cm³/mol. The summed E-state index contributed by atoms with van der Waals surface area (Å²) >= 11 is 0. The number of rotatable bonds is 0. The van der Waals surface area contributed by atoms with E-state index in [4.69, 9.17) is 0 Å². The molecule has 0 rings (SSSR count). The maximum absolute atomic E-state index is 0. The van der Waals surface area contributed by atoms with E-state index in [9.17, 15) is 0 Å².